The van der Waals surface area contributed by atoms with Crippen LogP contribution >= 0.6 is 11.8 Å². The Bertz CT molecular complexity index is 459. The van der Waals surface area contributed by atoms with Crippen molar-refractivity contribution in [3.05, 3.63) is 23.8 Å². The summed E-state index contributed by atoms with van der Waals surface area (Å²) < 4.78 is 0. The number of hydrogen-bond donors (Lipinski definition) is 1. The number of benzene rings is 1. The van der Waals surface area contributed by atoms with Crippen LogP contribution in [-0.2, 0) is 4.79 Å². The van der Waals surface area contributed by atoms with E-state index in [1.165, 1.54) is 10.5 Å². The number of fused-ring (bicyclic) bond motifs is 1. The van der Waals surface area contributed by atoms with Crippen molar-refractivity contribution in [1.29, 1.82) is 0 Å². The lowest BCUT2D eigenvalue weighted by molar-refractivity contribution is -0.117. The van der Waals surface area contributed by atoms with Crippen molar-refractivity contribution in [2.24, 2.45) is 5.73 Å². The van der Waals surface area contributed by atoms with Gasteiger partial charge in [-0.15, -0.1) is 11.8 Å². The number of carbonyl (C=O) groups is 1. The maximum Gasteiger partial charge on any atom is 0.241 e. The molecule has 2 rings (SSSR count). The van der Waals surface area contributed by atoms with Gasteiger partial charge < -0.3 is 10.6 Å². The normalized spacial score (nSPS) is 18.9. The molecule has 1 aliphatic rings. The first kappa shape index (κ1) is 13.4. The minimum atomic E-state index is 0.0113. The average molecular weight is 264 g/mol. The minimum Gasteiger partial charge on any atom is -0.322 e. The second-order valence-electron chi connectivity index (χ2n) is 4.98. The molecule has 0 fully saturated rings. The molecule has 0 radical (unpaired) electrons. The summed E-state index contributed by atoms with van der Waals surface area (Å²) >= 11 is 1.83. The zero-order valence-electron chi connectivity index (χ0n) is 11.1. The first-order chi connectivity index (χ1) is 8.56. The van der Waals surface area contributed by atoms with Crippen molar-refractivity contribution in [2.75, 3.05) is 17.2 Å². The smallest absolute Gasteiger partial charge is 0.241 e. The van der Waals surface area contributed by atoms with Crippen LogP contribution in [0.4, 0.5) is 5.69 Å². The molecule has 98 valence electrons. The van der Waals surface area contributed by atoms with Gasteiger partial charge in [0.1, 0.15) is 0 Å². The molecule has 0 saturated heterocycles. The van der Waals surface area contributed by atoms with Gasteiger partial charge in [0.25, 0.3) is 0 Å². The Labute approximate surface area is 113 Å². The Morgan fingerprint density at radius 2 is 2.28 bits per heavy atom. The Kier molecular flexibility index (Phi) is 3.97. The first-order valence-electron chi connectivity index (χ1n) is 6.34. The van der Waals surface area contributed by atoms with E-state index >= 15 is 0 Å². The van der Waals surface area contributed by atoms with Gasteiger partial charge in [0.2, 0.25) is 5.91 Å². The van der Waals surface area contributed by atoms with Crippen LogP contribution in [0.5, 0.6) is 0 Å². The number of rotatable bonds is 2. The molecular formula is C14H20N2OS. The summed E-state index contributed by atoms with van der Waals surface area (Å²) in [7, 11) is 0. The van der Waals surface area contributed by atoms with Crippen molar-refractivity contribution in [2.45, 2.75) is 37.6 Å². The molecule has 1 aliphatic heterocycles. The highest BCUT2D eigenvalue weighted by Crippen LogP contribution is 2.42. The van der Waals surface area contributed by atoms with Gasteiger partial charge in [0, 0.05) is 16.7 Å². The summed E-state index contributed by atoms with van der Waals surface area (Å²) in [4.78, 5) is 15.2. The summed E-state index contributed by atoms with van der Waals surface area (Å²) in [6.07, 6.45) is 0. The number of nitrogens with zero attached hydrogens (tertiary/aromatic N) is 1. The molecule has 1 aromatic carbocycles. The Balaban J connectivity index is 2.56. The number of thioether (sulfide) groups is 1. The lowest BCUT2D eigenvalue weighted by atomic mass is 9.99. The van der Waals surface area contributed by atoms with Crippen LogP contribution in [0.15, 0.2) is 23.1 Å². The fourth-order valence-electron chi connectivity index (χ4n) is 2.35. The molecular weight excluding hydrogens is 244 g/mol. The molecule has 0 spiro atoms. The van der Waals surface area contributed by atoms with Gasteiger partial charge >= 0.3 is 0 Å². The number of amides is 1. The van der Waals surface area contributed by atoms with E-state index in [0.29, 0.717) is 5.92 Å². The van der Waals surface area contributed by atoms with Crippen LogP contribution < -0.4 is 10.6 Å². The molecule has 1 heterocycles. The molecule has 4 heteroatoms. The Morgan fingerprint density at radius 1 is 1.56 bits per heavy atom. The monoisotopic (exact) mass is 264 g/mol. The molecule has 0 saturated carbocycles. The van der Waals surface area contributed by atoms with Crippen molar-refractivity contribution in [1.82, 2.24) is 0 Å². The molecule has 0 bridgehead atoms. The van der Waals surface area contributed by atoms with E-state index in [1.54, 1.807) is 0 Å². The van der Waals surface area contributed by atoms with Crippen LogP contribution in [0, 0.1) is 0 Å². The second-order valence-corrected chi connectivity index (χ2v) is 6.04. The van der Waals surface area contributed by atoms with E-state index in [4.69, 9.17) is 5.73 Å². The lowest BCUT2D eigenvalue weighted by Crippen LogP contribution is -2.46. The van der Waals surface area contributed by atoms with Crippen molar-refractivity contribution < 1.29 is 4.79 Å². The lowest BCUT2D eigenvalue weighted by Gasteiger charge is -2.37. The average Bonchev–Trinajstić information content (AvgIpc) is 2.37. The molecule has 1 unspecified atom stereocenters. The molecule has 2 N–H and O–H groups in total. The third-order valence-electron chi connectivity index (χ3n) is 3.26. The van der Waals surface area contributed by atoms with Crippen LogP contribution in [0.25, 0.3) is 0 Å². The molecule has 1 amide bonds. The predicted octanol–water partition coefficient (Wildman–Crippen LogP) is 2.60. The third-order valence-corrected chi connectivity index (χ3v) is 4.55. The van der Waals surface area contributed by atoms with Gasteiger partial charge in [-0.2, -0.15) is 0 Å². The summed E-state index contributed by atoms with van der Waals surface area (Å²) in [6, 6.07) is 6.48. The first-order valence-corrected chi connectivity index (χ1v) is 7.32. The van der Waals surface area contributed by atoms with E-state index in [2.05, 4.69) is 39.0 Å². The van der Waals surface area contributed by atoms with Gasteiger partial charge in [0.15, 0.2) is 0 Å². The minimum absolute atomic E-state index is 0.0113. The second kappa shape index (κ2) is 5.33. The molecule has 1 atom stereocenters. The number of para-hydroxylation sites is 1. The zero-order chi connectivity index (χ0) is 13.3. The van der Waals surface area contributed by atoms with Crippen LogP contribution in [0.3, 0.4) is 0 Å². The van der Waals surface area contributed by atoms with Crippen LogP contribution in [0.2, 0.25) is 0 Å². The molecule has 18 heavy (non-hydrogen) atoms. The number of nitrogens with two attached hydrogens (primary N) is 1. The number of anilines is 1. The fraction of sp³-hybridized carbons (Fsp3) is 0.500. The van der Waals surface area contributed by atoms with Crippen LogP contribution in [-0.4, -0.2) is 24.2 Å². The van der Waals surface area contributed by atoms with Crippen LogP contribution in [0.1, 0.15) is 32.3 Å². The van der Waals surface area contributed by atoms with Gasteiger partial charge in [-0.25, -0.2) is 0 Å². The molecule has 1 aromatic rings. The van der Waals surface area contributed by atoms with Crippen molar-refractivity contribution >= 4 is 23.4 Å². The summed E-state index contributed by atoms with van der Waals surface area (Å²) in [5.74, 6) is 1.34. The summed E-state index contributed by atoms with van der Waals surface area (Å²) in [6.45, 7) is 6.47. The Morgan fingerprint density at radius 3 is 2.89 bits per heavy atom. The van der Waals surface area contributed by atoms with E-state index in [0.717, 1.165) is 11.4 Å². The van der Waals surface area contributed by atoms with Gasteiger partial charge in [-0.05, 0) is 24.5 Å². The van der Waals surface area contributed by atoms with E-state index in [-0.39, 0.29) is 18.5 Å². The van der Waals surface area contributed by atoms with Gasteiger partial charge in [-0.3, -0.25) is 4.79 Å². The zero-order valence-corrected chi connectivity index (χ0v) is 12.0. The predicted molar refractivity (Wildman–Crippen MR) is 77.3 cm³/mol. The highest BCUT2D eigenvalue weighted by atomic mass is 32.2. The molecule has 0 aliphatic carbocycles. The largest absolute Gasteiger partial charge is 0.322 e. The van der Waals surface area contributed by atoms with E-state index in [9.17, 15) is 4.79 Å². The van der Waals surface area contributed by atoms with Crippen molar-refractivity contribution in [3.8, 4) is 0 Å². The SMILES string of the molecule is CC(C)c1cccc2c1N(C(=O)CN)C(C)CS2. The highest BCUT2D eigenvalue weighted by molar-refractivity contribution is 7.99. The highest BCUT2D eigenvalue weighted by Gasteiger charge is 2.30. The number of hydrogen-bond acceptors (Lipinski definition) is 3. The topological polar surface area (TPSA) is 46.3 Å². The molecule has 3 nitrogen and oxygen atoms in total. The standard InChI is InChI=1S/C14H20N2OS/c1-9(2)11-5-4-6-12-14(11)16(13(17)7-15)10(3)8-18-12/h4-6,9-10H,7-8,15H2,1-3H3. The number of carbonyl (C=O) groups excluding carboxylic acids is 1. The van der Waals surface area contributed by atoms with E-state index < -0.39 is 0 Å². The van der Waals surface area contributed by atoms with Gasteiger partial charge in [0.05, 0.1) is 12.2 Å². The van der Waals surface area contributed by atoms with Gasteiger partial charge in [-0.1, -0.05) is 26.0 Å². The summed E-state index contributed by atoms with van der Waals surface area (Å²) in [5, 5.41) is 0. The maximum atomic E-state index is 12.1. The maximum absolute atomic E-state index is 12.1. The third kappa shape index (κ3) is 2.27. The Hall–Kier alpha value is -1.000. The fourth-order valence-corrected chi connectivity index (χ4v) is 3.45. The summed E-state index contributed by atoms with van der Waals surface area (Å²) in [5.41, 5.74) is 7.86. The molecule has 0 aromatic heterocycles. The van der Waals surface area contributed by atoms with Crippen molar-refractivity contribution in [3.63, 3.8) is 0 Å². The van der Waals surface area contributed by atoms with E-state index in [1.807, 2.05) is 16.7 Å². The quantitative estimate of drug-likeness (QED) is 0.893.